The molecule has 172 valence electrons. The Morgan fingerprint density at radius 1 is 1.28 bits per heavy atom. The molecule has 0 saturated carbocycles. The summed E-state index contributed by atoms with van der Waals surface area (Å²) in [6, 6.07) is 2.05. The second-order valence-corrected chi connectivity index (χ2v) is 9.72. The molecular weight excluding hydrogens is 537 g/mol. The largest absolute Gasteiger partial charge is 0.434 e. The van der Waals surface area contributed by atoms with Crippen molar-refractivity contribution in [2.45, 2.75) is 40.9 Å². The van der Waals surface area contributed by atoms with Crippen LogP contribution in [0, 0.1) is 0 Å². The number of rotatable bonds is 5. The first-order valence-electron chi connectivity index (χ1n) is 9.15. The van der Waals surface area contributed by atoms with Crippen LogP contribution in [0.5, 0.6) is 0 Å². The summed E-state index contributed by atoms with van der Waals surface area (Å²) in [5.41, 5.74) is -0.739. The van der Waals surface area contributed by atoms with E-state index in [1.165, 1.54) is 22.1 Å². The average molecular weight is 553 g/mol. The number of thioether (sulfide) groups is 1. The van der Waals surface area contributed by atoms with Crippen LogP contribution in [0.4, 0.5) is 13.2 Å². The van der Waals surface area contributed by atoms with E-state index in [2.05, 4.69) is 31.2 Å². The fourth-order valence-electron chi connectivity index (χ4n) is 3.27. The molecular formula is C18H16BrF3N4O4S2. The van der Waals surface area contributed by atoms with Gasteiger partial charge < -0.3 is 20.1 Å². The van der Waals surface area contributed by atoms with Crippen LogP contribution in [0.1, 0.15) is 11.7 Å². The van der Waals surface area contributed by atoms with Gasteiger partial charge in [-0.25, -0.2) is 9.67 Å². The van der Waals surface area contributed by atoms with Crippen molar-refractivity contribution in [1.29, 1.82) is 0 Å². The molecule has 0 radical (unpaired) electrons. The zero-order valence-electron chi connectivity index (χ0n) is 15.9. The zero-order valence-corrected chi connectivity index (χ0v) is 19.1. The van der Waals surface area contributed by atoms with Crippen molar-refractivity contribution in [2.75, 3.05) is 6.61 Å². The van der Waals surface area contributed by atoms with E-state index < -0.39 is 48.3 Å². The van der Waals surface area contributed by atoms with Crippen LogP contribution in [-0.2, 0) is 10.9 Å². The number of aromatic nitrogens is 4. The van der Waals surface area contributed by atoms with Crippen LogP contribution in [0.15, 0.2) is 44.7 Å². The first-order valence-corrected chi connectivity index (χ1v) is 11.8. The topological polar surface area (TPSA) is 114 Å². The van der Waals surface area contributed by atoms with Crippen molar-refractivity contribution in [3.8, 4) is 11.3 Å². The Labute approximate surface area is 196 Å². The molecule has 3 N–H and O–H groups in total. The number of hydrogen-bond acceptors (Lipinski definition) is 9. The highest BCUT2D eigenvalue weighted by Gasteiger charge is 2.46. The summed E-state index contributed by atoms with van der Waals surface area (Å²) in [6.45, 7) is -0.539. The van der Waals surface area contributed by atoms with Crippen molar-refractivity contribution in [1.82, 2.24) is 20.0 Å². The summed E-state index contributed by atoms with van der Waals surface area (Å²) >= 11 is 5.26. The molecule has 4 rings (SSSR count). The molecule has 3 aromatic rings. The highest BCUT2D eigenvalue weighted by atomic mass is 79.9. The number of halogens is 4. The Morgan fingerprint density at radius 2 is 2.06 bits per heavy atom. The Bertz CT molecular complexity index is 1070. The van der Waals surface area contributed by atoms with Crippen LogP contribution in [0.2, 0.25) is 0 Å². The summed E-state index contributed by atoms with van der Waals surface area (Å²) in [4.78, 5) is 3.74. The Kier molecular flexibility index (Phi) is 6.91. The molecule has 8 nitrogen and oxygen atoms in total. The number of hydrogen-bond donors (Lipinski definition) is 3. The van der Waals surface area contributed by atoms with Crippen LogP contribution in [-0.4, -0.2) is 65.7 Å². The first kappa shape index (κ1) is 23.6. The predicted molar refractivity (Wildman–Crippen MR) is 113 cm³/mol. The maximum absolute atomic E-state index is 12.9. The number of alkyl halides is 3. The minimum absolute atomic E-state index is 0.257. The molecule has 0 aliphatic carbocycles. The lowest BCUT2D eigenvalue weighted by Gasteiger charge is -2.41. The minimum atomic E-state index is -4.62. The second-order valence-electron chi connectivity index (χ2n) is 6.91. The zero-order chi connectivity index (χ0) is 23.0. The normalized spacial score (nSPS) is 26.4. The number of pyridine rings is 1. The lowest BCUT2D eigenvalue weighted by Crippen LogP contribution is -2.55. The molecule has 3 aromatic heterocycles. The van der Waals surface area contributed by atoms with Gasteiger partial charge in [0, 0.05) is 26.5 Å². The fourth-order valence-corrected chi connectivity index (χ4v) is 5.71. The van der Waals surface area contributed by atoms with Gasteiger partial charge in [-0.2, -0.15) is 24.5 Å². The van der Waals surface area contributed by atoms with Gasteiger partial charge in [-0.15, -0.1) is 5.10 Å². The molecule has 1 saturated heterocycles. The van der Waals surface area contributed by atoms with Gasteiger partial charge in [0.05, 0.1) is 12.8 Å². The van der Waals surface area contributed by atoms with E-state index in [0.29, 0.717) is 10.6 Å². The second kappa shape index (κ2) is 9.37. The smallest absolute Gasteiger partial charge is 0.394 e. The van der Waals surface area contributed by atoms with E-state index >= 15 is 0 Å². The fraction of sp³-hybridized carbons (Fsp3) is 0.389. The summed E-state index contributed by atoms with van der Waals surface area (Å²) in [5, 5.41) is 43.1. The van der Waals surface area contributed by atoms with Gasteiger partial charge in [-0.3, -0.25) is 0 Å². The molecule has 32 heavy (non-hydrogen) atoms. The van der Waals surface area contributed by atoms with Crippen molar-refractivity contribution < 1.29 is 33.2 Å². The van der Waals surface area contributed by atoms with E-state index in [4.69, 9.17) is 4.74 Å². The van der Waals surface area contributed by atoms with Crippen molar-refractivity contribution in [2.24, 2.45) is 0 Å². The number of aliphatic hydroxyl groups is 3. The number of aliphatic hydroxyl groups excluding tert-OH is 3. The molecule has 4 heterocycles. The van der Waals surface area contributed by atoms with E-state index in [1.54, 1.807) is 6.20 Å². The third-order valence-electron chi connectivity index (χ3n) is 4.82. The molecule has 0 bridgehead atoms. The van der Waals surface area contributed by atoms with Crippen molar-refractivity contribution in [3.05, 3.63) is 45.5 Å². The average Bonchev–Trinajstić information content (AvgIpc) is 3.41. The summed E-state index contributed by atoms with van der Waals surface area (Å²) < 4.78 is 45.5. The van der Waals surface area contributed by atoms with Crippen LogP contribution < -0.4 is 0 Å². The van der Waals surface area contributed by atoms with Gasteiger partial charge in [0.2, 0.25) is 0 Å². The van der Waals surface area contributed by atoms with Crippen LogP contribution in [0.3, 0.4) is 0 Å². The van der Waals surface area contributed by atoms with E-state index in [9.17, 15) is 28.5 Å². The van der Waals surface area contributed by atoms with E-state index in [0.717, 1.165) is 23.5 Å². The van der Waals surface area contributed by atoms with Gasteiger partial charge in [0.25, 0.3) is 0 Å². The quantitative estimate of drug-likeness (QED) is 0.442. The minimum Gasteiger partial charge on any atom is -0.394 e. The Balaban J connectivity index is 1.59. The maximum Gasteiger partial charge on any atom is 0.434 e. The standard InChI is InChI=1S/C18H16BrF3N4O4S2/c19-10-3-9(4-23-16(10)18(20,21)22)32-17-15(29)13(14(28)12(6-27)30-17)26-5-11(24-25-26)8-1-2-31-7-8/h1-5,7,12-15,17,27-29H,6H2/t12?,13-,14-,15?,17+/m0/s1. The van der Waals surface area contributed by atoms with Crippen molar-refractivity contribution >= 4 is 39.0 Å². The third-order valence-corrected chi connectivity index (χ3v) is 7.22. The summed E-state index contributed by atoms with van der Waals surface area (Å²) in [6.07, 6.45) is -5.71. The molecule has 5 atom stereocenters. The molecule has 0 aromatic carbocycles. The number of thiophene rings is 1. The van der Waals surface area contributed by atoms with Gasteiger partial charge in [0.1, 0.15) is 35.5 Å². The molecule has 1 aliphatic rings. The van der Waals surface area contributed by atoms with E-state index in [1.807, 2.05) is 16.8 Å². The monoisotopic (exact) mass is 552 g/mol. The molecule has 1 fully saturated rings. The number of ether oxygens (including phenoxy) is 1. The van der Waals surface area contributed by atoms with E-state index in [-0.39, 0.29) is 4.47 Å². The van der Waals surface area contributed by atoms with Crippen LogP contribution in [0.25, 0.3) is 11.3 Å². The van der Waals surface area contributed by atoms with Crippen LogP contribution >= 0.6 is 39.0 Å². The Morgan fingerprint density at radius 3 is 2.69 bits per heavy atom. The Hall–Kier alpha value is -1.55. The van der Waals surface area contributed by atoms with Gasteiger partial charge in [-0.05, 0) is 33.4 Å². The molecule has 0 amide bonds. The number of nitrogens with zero attached hydrogens (tertiary/aromatic N) is 4. The first-order chi connectivity index (χ1) is 15.2. The lowest BCUT2D eigenvalue weighted by atomic mass is 9.97. The summed E-state index contributed by atoms with van der Waals surface area (Å²) in [5.74, 6) is 0. The SMILES string of the molecule is OCC1O[C@H](Sc2cnc(C(F)(F)F)c(Br)c2)C(O)[C@@H](n2cc(-c3ccsc3)nn2)[C@H]1O. The molecule has 1 aliphatic heterocycles. The molecule has 2 unspecified atom stereocenters. The molecule has 14 heteroatoms. The summed E-state index contributed by atoms with van der Waals surface area (Å²) in [7, 11) is 0. The van der Waals surface area contributed by atoms with Crippen molar-refractivity contribution in [3.63, 3.8) is 0 Å². The highest BCUT2D eigenvalue weighted by molar-refractivity contribution is 9.10. The maximum atomic E-state index is 12.9. The molecule has 0 spiro atoms. The lowest BCUT2D eigenvalue weighted by molar-refractivity contribution is -0.178. The predicted octanol–water partition coefficient (Wildman–Crippen LogP) is 2.96. The third kappa shape index (κ3) is 4.71. The van der Waals surface area contributed by atoms with Gasteiger partial charge >= 0.3 is 6.18 Å². The highest BCUT2D eigenvalue weighted by Crippen LogP contribution is 2.40. The van der Waals surface area contributed by atoms with Gasteiger partial charge in [-0.1, -0.05) is 17.0 Å². The van der Waals surface area contributed by atoms with Gasteiger partial charge in [0.15, 0.2) is 5.69 Å².